The summed E-state index contributed by atoms with van der Waals surface area (Å²) in [5.74, 6) is 0.616. The fourth-order valence-corrected chi connectivity index (χ4v) is 3.20. The van der Waals surface area contributed by atoms with Crippen LogP contribution in [0.25, 0.3) is 10.9 Å². The van der Waals surface area contributed by atoms with Gasteiger partial charge < -0.3 is 15.0 Å². The molecule has 0 radical (unpaired) electrons. The molecule has 2 N–H and O–H groups in total. The number of fused-ring (bicyclic) bond motifs is 1. The molecule has 0 unspecified atom stereocenters. The third kappa shape index (κ3) is 3.91. The molecule has 4 nitrogen and oxygen atoms in total. The normalized spacial score (nSPS) is 10.8. The Bertz CT molecular complexity index is 1100. The first-order chi connectivity index (χ1) is 13.7. The summed E-state index contributed by atoms with van der Waals surface area (Å²) in [7, 11) is 0. The van der Waals surface area contributed by atoms with E-state index in [1.165, 1.54) is 0 Å². The van der Waals surface area contributed by atoms with E-state index >= 15 is 0 Å². The number of benzene rings is 3. The SMILES string of the molecule is CCc1ccccc1NC(=O)c1cc2ccc(OCc3ccccc3)cc2[nH]1. The topological polar surface area (TPSA) is 54.1 Å². The minimum atomic E-state index is -0.149. The number of hydrogen-bond acceptors (Lipinski definition) is 2. The quantitative estimate of drug-likeness (QED) is 0.467. The summed E-state index contributed by atoms with van der Waals surface area (Å²) in [5.41, 5.74) is 4.48. The highest BCUT2D eigenvalue weighted by atomic mass is 16.5. The van der Waals surface area contributed by atoms with Crippen LogP contribution in [0.2, 0.25) is 0 Å². The van der Waals surface area contributed by atoms with Gasteiger partial charge >= 0.3 is 0 Å². The van der Waals surface area contributed by atoms with Crippen LogP contribution in [0.15, 0.2) is 78.9 Å². The van der Waals surface area contributed by atoms with Crippen LogP contribution in [0.4, 0.5) is 5.69 Å². The molecule has 0 saturated carbocycles. The van der Waals surface area contributed by atoms with Gasteiger partial charge in [-0.3, -0.25) is 4.79 Å². The lowest BCUT2D eigenvalue weighted by molar-refractivity contribution is 0.102. The van der Waals surface area contributed by atoms with Crippen molar-refractivity contribution in [2.24, 2.45) is 0 Å². The summed E-state index contributed by atoms with van der Waals surface area (Å²) in [5, 5.41) is 3.97. The number of anilines is 1. The van der Waals surface area contributed by atoms with E-state index in [-0.39, 0.29) is 5.91 Å². The maximum Gasteiger partial charge on any atom is 0.272 e. The first kappa shape index (κ1) is 17.9. The van der Waals surface area contributed by atoms with Crippen LogP contribution in [-0.2, 0) is 13.0 Å². The van der Waals surface area contributed by atoms with Gasteiger partial charge in [0.25, 0.3) is 5.91 Å². The van der Waals surface area contributed by atoms with Crippen LogP contribution < -0.4 is 10.1 Å². The number of ether oxygens (including phenoxy) is 1. The predicted octanol–water partition coefficient (Wildman–Crippen LogP) is 5.56. The maximum atomic E-state index is 12.7. The lowest BCUT2D eigenvalue weighted by Crippen LogP contribution is -2.13. The Morgan fingerprint density at radius 2 is 1.75 bits per heavy atom. The van der Waals surface area contributed by atoms with Crippen molar-refractivity contribution in [2.75, 3.05) is 5.32 Å². The van der Waals surface area contributed by atoms with Crippen LogP contribution in [-0.4, -0.2) is 10.9 Å². The second-order valence-electron chi connectivity index (χ2n) is 6.67. The van der Waals surface area contributed by atoms with Gasteiger partial charge in [-0.25, -0.2) is 0 Å². The van der Waals surface area contributed by atoms with Crippen molar-refractivity contribution in [3.05, 3.63) is 95.7 Å². The number of nitrogens with one attached hydrogen (secondary N) is 2. The van der Waals surface area contributed by atoms with Gasteiger partial charge in [-0.05, 0) is 41.8 Å². The molecule has 1 aromatic heterocycles. The van der Waals surface area contributed by atoms with Crippen molar-refractivity contribution < 1.29 is 9.53 Å². The number of para-hydroxylation sites is 1. The van der Waals surface area contributed by atoms with Gasteiger partial charge in [0.1, 0.15) is 18.1 Å². The van der Waals surface area contributed by atoms with Gasteiger partial charge in [0.2, 0.25) is 0 Å². The first-order valence-electron chi connectivity index (χ1n) is 9.41. The van der Waals surface area contributed by atoms with E-state index < -0.39 is 0 Å². The third-order valence-corrected chi connectivity index (χ3v) is 4.73. The number of carbonyl (C=O) groups is 1. The molecule has 28 heavy (non-hydrogen) atoms. The van der Waals surface area contributed by atoms with E-state index in [9.17, 15) is 4.79 Å². The van der Waals surface area contributed by atoms with Crippen LogP contribution in [0, 0.1) is 0 Å². The first-order valence-corrected chi connectivity index (χ1v) is 9.41. The fourth-order valence-electron chi connectivity index (χ4n) is 3.20. The molecule has 1 heterocycles. The number of amides is 1. The number of aromatic nitrogens is 1. The van der Waals surface area contributed by atoms with Gasteiger partial charge in [-0.15, -0.1) is 0 Å². The molecule has 4 heteroatoms. The molecule has 0 aliphatic rings. The van der Waals surface area contributed by atoms with Crippen molar-refractivity contribution >= 4 is 22.5 Å². The minimum Gasteiger partial charge on any atom is -0.489 e. The van der Waals surface area contributed by atoms with E-state index in [4.69, 9.17) is 4.74 Å². The Hall–Kier alpha value is -3.53. The Morgan fingerprint density at radius 1 is 0.964 bits per heavy atom. The number of H-pyrrole nitrogens is 1. The number of aromatic amines is 1. The number of carbonyl (C=O) groups excluding carboxylic acids is 1. The van der Waals surface area contributed by atoms with Crippen LogP contribution in [0.5, 0.6) is 5.75 Å². The van der Waals surface area contributed by atoms with Gasteiger partial charge in [0.05, 0.1) is 0 Å². The molecule has 0 bridgehead atoms. The predicted molar refractivity (Wildman–Crippen MR) is 113 cm³/mol. The van der Waals surface area contributed by atoms with Crippen molar-refractivity contribution in [1.29, 1.82) is 0 Å². The summed E-state index contributed by atoms with van der Waals surface area (Å²) in [6.45, 7) is 2.58. The van der Waals surface area contributed by atoms with Crippen molar-refractivity contribution in [2.45, 2.75) is 20.0 Å². The zero-order valence-electron chi connectivity index (χ0n) is 15.7. The highest BCUT2D eigenvalue weighted by molar-refractivity contribution is 6.06. The zero-order chi connectivity index (χ0) is 19.3. The average molecular weight is 370 g/mol. The molecule has 1 amide bonds. The fraction of sp³-hybridized carbons (Fsp3) is 0.125. The van der Waals surface area contributed by atoms with Gasteiger partial charge in [-0.1, -0.05) is 55.5 Å². The highest BCUT2D eigenvalue weighted by Crippen LogP contribution is 2.23. The summed E-state index contributed by atoms with van der Waals surface area (Å²) >= 11 is 0. The second kappa shape index (κ2) is 8.01. The molecular weight excluding hydrogens is 348 g/mol. The number of rotatable bonds is 6. The molecule has 4 rings (SSSR count). The zero-order valence-corrected chi connectivity index (χ0v) is 15.7. The lowest BCUT2D eigenvalue weighted by atomic mass is 10.1. The maximum absolute atomic E-state index is 12.7. The molecule has 0 aliphatic heterocycles. The molecule has 0 atom stereocenters. The molecule has 0 aliphatic carbocycles. The van der Waals surface area contributed by atoms with E-state index in [0.29, 0.717) is 12.3 Å². The van der Waals surface area contributed by atoms with E-state index in [2.05, 4.69) is 17.2 Å². The summed E-state index contributed by atoms with van der Waals surface area (Å²) in [6, 6.07) is 25.6. The Balaban J connectivity index is 1.50. The van der Waals surface area contributed by atoms with Gasteiger partial charge in [-0.2, -0.15) is 0 Å². The van der Waals surface area contributed by atoms with E-state index in [1.54, 1.807) is 0 Å². The van der Waals surface area contributed by atoms with Gasteiger partial charge in [0.15, 0.2) is 0 Å². The lowest BCUT2D eigenvalue weighted by Gasteiger charge is -2.08. The Kier molecular flexibility index (Phi) is 5.11. The standard InChI is InChI=1S/C24H22N2O2/c1-2-18-10-6-7-11-21(18)26-24(27)23-14-19-12-13-20(15-22(19)25-23)28-16-17-8-4-3-5-9-17/h3-15,25H,2,16H2,1H3,(H,26,27). The van der Waals surface area contributed by atoms with E-state index in [1.807, 2.05) is 78.9 Å². The van der Waals surface area contributed by atoms with Crippen molar-refractivity contribution in [3.8, 4) is 5.75 Å². The average Bonchev–Trinajstić information content (AvgIpc) is 3.17. The highest BCUT2D eigenvalue weighted by Gasteiger charge is 2.12. The van der Waals surface area contributed by atoms with Crippen LogP contribution in [0.3, 0.4) is 0 Å². The van der Waals surface area contributed by atoms with Crippen LogP contribution >= 0.6 is 0 Å². The van der Waals surface area contributed by atoms with Crippen molar-refractivity contribution in [1.82, 2.24) is 4.98 Å². The Morgan fingerprint density at radius 3 is 2.57 bits per heavy atom. The van der Waals surface area contributed by atoms with E-state index in [0.717, 1.165) is 39.9 Å². The molecule has 0 fully saturated rings. The monoisotopic (exact) mass is 370 g/mol. The second-order valence-corrected chi connectivity index (χ2v) is 6.67. The molecule has 0 spiro atoms. The largest absolute Gasteiger partial charge is 0.489 e. The molecule has 3 aromatic carbocycles. The Labute approximate surface area is 164 Å². The van der Waals surface area contributed by atoms with Crippen LogP contribution in [0.1, 0.15) is 28.5 Å². The number of aryl methyl sites for hydroxylation is 1. The smallest absolute Gasteiger partial charge is 0.272 e. The third-order valence-electron chi connectivity index (χ3n) is 4.73. The van der Waals surface area contributed by atoms with Crippen molar-refractivity contribution in [3.63, 3.8) is 0 Å². The summed E-state index contributed by atoms with van der Waals surface area (Å²) in [6.07, 6.45) is 0.866. The summed E-state index contributed by atoms with van der Waals surface area (Å²) < 4.78 is 5.88. The van der Waals surface area contributed by atoms with Gasteiger partial charge in [0, 0.05) is 22.7 Å². The summed E-state index contributed by atoms with van der Waals surface area (Å²) in [4.78, 5) is 15.9. The molecular formula is C24H22N2O2. The molecule has 0 saturated heterocycles. The minimum absolute atomic E-state index is 0.149. The molecule has 4 aromatic rings. The molecule has 140 valence electrons. The number of hydrogen-bond donors (Lipinski definition) is 2.